The molecule has 0 spiro atoms. The largest absolute Gasteiger partial charge is 0.492 e. The first kappa shape index (κ1) is 15.5. The highest BCUT2D eigenvalue weighted by Gasteiger charge is 2.15. The average molecular weight is 297 g/mol. The molecule has 1 N–H and O–H groups in total. The molecule has 1 aliphatic heterocycles. The zero-order valence-electron chi connectivity index (χ0n) is 12.2. The van der Waals surface area contributed by atoms with Crippen LogP contribution in [0.5, 0.6) is 5.75 Å². The monoisotopic (exact) mass is 297 g/mol. The van der Waals surface area contributed by atoms with E-state index in [2.05, 4.69) is 15.2 Å². The summed E-state index contributed by atoms with van der Waals surface area (Å²) in [4.78, 5) is 6.71. The summed E-state index contributed by atoms with van der Waals surface area (Å²) >= 11 is 0. The number of likely N-dealkylation sites (tertiary alicyclic amines) is 1. The zero-order valence-corrected chi connectivity index (χ0v) is 12.2. The SMILES string of the molecule is CCNC(=NCCOc1ccc(F)c(F)c1)N1CCCC1. The molecule has 0 aliphatic carbocycles. The number of nitrogens with zero attached hydrogens (tertiary/aromatic N) is 2. The molecule has 0 atom stereocenters. The van der Waals surface area contributed by atoms with Crippen molar-refractivity contribution in [2.24, 2.45) is 4.99 Å². The van der Waals surface area contributed by atoms with Crippen LogP contribution in [0.15, 0.2) is 23.2 Å². The van der Waals surface area contributed by atoms with Gasteiger partial charge in [-0.25, -0.2) is 13.8 Å². The van der Waals surface area contributed by atoms with Gasteiger partial charge in [-0.15, -0.1) is 0 Å². The van der Waals surface area contributed by atoms with Crippen LogP contribution in [0.25, 0.3) is 0 Å². The van der Waals surface area contributed by atoms with Crippen LogP contribution < -0.4 is 10.1 Å². The Balaban J connectivity index is 1.82. The molecular formula is C15H21F2N3O. The fourth-order valence-corrected chi connectivity index (χ4v) is 2.24. The number of rotatable bonds is 5. The van der Waals surface area contributed by atoms with Gasteiger partial charge >= 0.3 is 0 Å². The maximum absolute atomic E-state index is 13.0. The summed E-state index contributed by atoms with van der Waals surface area (Å²) in [6.45, 7) is 5.69. The van der Waals surface area contributed by atoms with Gasteiger partial charge in [0.05, 0.1) is 6.54 Å². The Labute approximate surface area is 123 Å². The Bertz CT molecular complexity index is 488. The van der Waals surface area contributed by atoms with E-state index in [1.165, 1.54) is 18.9 Å². The average Bonchev–Trinajstić information content (AvgIpc) is 3.00. The summed E-state index contributed by atoms with van der Waals surface area (Å²) in [5.41, 5.74) is 0. The third kappa shape index (κ3) is 4.58. The van der Waals surface area contributed by atoms with Gasteiger partial charge in [-0.3, -0.25) is 0 Å². The fraction of sp³-hybridized carbons (Fsp3) is 0.533. The van der Waals surface area contributed by atoms with Gasteiger partial charge in [-0.1, -0.05) is 0 Å². The third-order valence-corrected chi connectivity index (χ3v) is 3.25. The van der Waals surface area contributed by atoms with E-state index in [1.807, 2.05) is 6.92 Å². The second kappa shape index (κ2) is 7.81. The molecule has 4 nitrogen and oxygen atoms in total. The minimum atomic E-state index is -0.901. The van der Waals surface area contributed by atoms with Crippen molar-refractivity contribution in [3.63, 3.8) is 0 Å². The van der Waals surface area contributed by atoms with Crippen molar-refractivity contribution in [3.8, 4) is 5.75 Å². The molecule has 0 aromatic heterocycles. The molecule has 6 heteroatoms. The summed E-state index contributed by atoms with van der Waals surface area (Å²) in [6, 6.07) is 3.51. The molecule has 1 aliphatic rings. The number of aliphatic imine (C=N–C) groups is 1. The predicted molar refractivity (Wildman–Crippen MR) is 78.6 cm³/mol. The van der Waals surface area contributed by atoms with Gasteiger partial charge in [0.1, 0.15) is 12.4 Å². The third-order valence-electron chi connectivity index (χ3n) is 3.25. The molecule has 0 radical (unpaired) electrons. The molecule has 21 heavy (non-hydrogen) atoms. The van der Waals surface area contributed by atoms with Gasteiger partial charge < -0.3 is 15.0 Å². The Kier molecular flexibility index (Phi) is 5.78. The summed E-state index contributed by atoms with van der Waals surface area (Å²) in [7, 11) is 0. The minimum Gasteiger partial charge on any atom is -0.492 e. The lowest BCUT2D eigenvalue weighted by Crippen LogP contribution is -2.39. The van der Waals surface area contributed by atoms with Gasteiger partial charge in [-0.05, 0) is 31.9 Å². The van der Waals surface area contributed by atoms with Gasteiger partial charge in [0.2, 0.25) is 0 Å². The zero-order chi connectivity index (χ0) is 15.1. The van der Waals surface area contributed by atoms with Crippen LogP contribution in [-0.4, -0.2) is 43.6 Å². The summed E-state index contributed by atoms with van der Waals surface area (Å²) in [5, 5.41) is 3.25. The van der Waals surface area contributed by atoms with Crippen LogP contribution in [0.4, 0.5) is 8.78 Å². The molecule has 0 saturated carbocycles. The molecular weight excluding hydrogens is 276 g/mol. The first-order valence-corrected chi connectivity index (χ1v) is 7.32. The lowest BCUT2D eigenvalue weighted by atomic mass is 10.3. The lowest BCUT2D eigenvalue weighted by molar-refractivity contribution is 0.324. The summed E-state index contributed by atoms with van der Waals surface area (Å²) in [6.07, 6.45) is 2.38. The first-order chi connectivity index (χ1) is 10.2. The second-order valence-electron chi connectivity index (χ2n) is 4.85. The second-order valence-corrected chi connectivity index (χ2v) is 4.85. The van der Waals surface area contributed by atoms with Crippen LogP contribution in [0.2, 0.25) is 0 Å². The molecule has 1 aromatic rings. The van der Waals surface area contributed by atoms with Crippen molar-refractivity contribution < 1.29 is 13.5 Å². The van der Waals surface area contributed by atoms with Crippen LogP contribution in [0.1, 0.15) is 19.8 Å². The van der Waals surface area contributed by atoms with E-state index in [4.69, 9.17) is 4.74 Å². The van der Waals surface area contributed by atoms with Crippen LogP contribution in [0, 0.1) is 11.6 Å². The van der Waals surface area contributed by atoms with Crippen molar-refractivity contribution in [1.29, 1.82) is 0 Å². The molecule has 1 fully saturated rings. The Morgan fingerprint density at radius 3 is 2.71 bits per heavy atom. The van der Waals surface area contributed by atoms with Crippen LogP contribution >= 0.6 is 0 Å². The standard InChI is InChI=1S/C15H21F2N3O/c1-2-18-15(20-8-3-4-9-20)19-7-10-21-12-5-6-13(16)14(17)11-12/h5-6,11H,2-4,7-10H2,1H3,(H,18,19). The smallest absolute Gasteiger partial charge is 0.194 e. The van der Waals surface area contributed by atoms with E-state index in [9.17, 15) is 8.78 Å². The molecule has 0 bridgehead atoms. The van der Waals surface area contributed by atoms with E-state index in [1.54, 1.807) is 0 Å². The highest BCUT2D eigenvalue weighted by Crippen LogP contribution is 2.15. The molecule has 1 heterocycles. The molecule has 1 aromatic carbocycles. The van der Waals surface area contributed by atoms with E-state index >= 15 is 0 Å². The molecule has 0 amide bonds. The lowest BCUT2D eigenvalue weighted by Gasteiger charge is -2.20. The fourth-order valence-electron chi connectivity index (χ4n) is 2.24. The van der Waals surface area contributed by atoms with Gasteiger partial charge in [0.25, 0.3) is 0 Å². The van der Waals surface area contributed by atoms with E-state index < -0.39 is 11.6 Å². The van der Waals surface area contributed by atoms with Gasteiger partial charge in [0.15, 0.2) is 17.6 Å². The number of halogens is 2. The predicted octanol–water partition coefficient (Wildman–Crippen LogP) is 2.40. The highest BCUT2D eigenvalue weighted by molar-refractivity contribution is 5.80. The van der Waals surface area contributed by atoms with Gasteiger partial charge in [0, 0.05) is 25.7 Å². The number of guanidine groups is 1. The van der Waals surface area contributed by atoms with Crippen molar-refractivity contribution in [3.05, 3.63) is 29.8 Å². The molecule has 116 valence electrons. The number of hydrogen-bond acceptors (Lipinski definition) is 2. The maximum atomic E-state index is 13.0. The maximum Gasteiger partial charge on any atom is 0.194 e. The number of nitrogens with one attached hydrogen (secondary N) is 1. The number of hydrogen-bond donors (Lipinski definition) is 1. The highest BCUT2D eigenvalue weighted by atomic mass is 19.2. The Morgan fingerprint density at radius 2 is 2.05 bits per heavy atom. The van der Waals surface area contributed by atoms with E-state index in [0.717, 1.165) is 37.7 Å². The summed E-state index contributed by atoms with van der Waals surface area (Å²) in [5.74, 6) is -0.565. The van der Waals surface area contributed by atoms with Crippen molar-refractivity contribution in [2.75, 3.05) is 32.8 Å². The Hall–Kier alpha value is -1.85. The summed E-state index contributed by atoms with van der Waals surface area (Å²) < 4.78 is 31.2. The normalized spacial score (nSPS) is 15.4. The topological polar surface area (TPSA) is 36.9 Å². The van der Waals surface area contributed by atoms with Crippen LogP contribution in [0.3, 0.4) is 0 Å². The van der Waals surface area contributed by atoms with E-state index in [0.29, 0.717) is 18.9 Å². The van der Waals surface area contributed by atoms with Crippen molar-refractivity contribution >= 4 is 5.96 Å². The van der Waals surface area contributed by atoms with Crippen molar-refractivity contribution in [1.82, 2.24) is 10.2 Å². The quantitative estimate of drug-likeness (QED) is 0.515. The molecule has 0 unspecified atom stereocenters. The van der Waals surface area contributed by atoms with Crippen molar-refractivity contribution in [2.45, 2.75) is 19.8 Å². The molecule has 1 saturated heterocycles. The minimum absolute atomic E-state index is 0.315. The first-order valence-electron chi connectivity index (χ1n) is 7.32. The number of ether oxygens (including phenoxy) is 1. The van der Waals surface area contributed by atoms with E-state index in [-0.39, 0.29) is 0 Å². The van der Waals surface area contributed by atoms with Gasteiger partial charge in [-0.2, -0.15) is 0 Å². The number of benzene rings is 1. The Morgan fingerprint density at radius 1 is 1.29 bits per heavy atom. The molecule has 2 rings (SSSR count). The van der Waals surface area contributed by atoms with Crippen LogP contribution in [-0.2, 0) is 0 Å².